The van der Waals surface area contributed by atoms with Crippen LogP contribution in [-0.2, 0) is 27.1 Å². The van der Waals surface area contributed by atoms with Crippen molar-refractivity contribution in [2.45, 2.75) is 94.7 Å². The first kappa shape index (κ1) is 66.4. The number of thiazole rings is 1. The second-order valence-corrected chi connectivity index (χ2v) is 26.0. The van der Waals surface area contributed by atoms with E-state index in [-0.39, 0.29) is 37.5 Å². The van der Waals surface area contributed by atoms with E-state index in [0.29, 0.717) is 67.2 Å². The van der Waals surface area contributed by atoms with Crippen LogP contribution >= 0.6 is 11.3 Å². The molecule has 0 radical (unpaired) electrons. The van der Waals surface area contributed by atoms with Gasteiger partial charge in [0.15, 0.2) is 17.5 Å². The molecule has 0 amide bonds. The van der Waals surface area contributed by atoms with Gasteiger partial charge in [-0.05, 0) is 100 Å². The summed E-state index contributed by atoms with van der Waals surface area (Å²) in [5, 5.41) is 23.4. The van der Waals surface area contributed by atoms with Crippen LogP contribution in [0.4, 0.5) is 17.5 Å². The summed E-state index contributed by atoms with van der Waals surface area (Å²) < 4.78 is 51.3. The number of pyridine rings is 1. The fourth-order valence-electron chi connectivity index (χ4n) is 13.9. The van der Waals surface area contributed by atoms with Crippen molar-refractivity contribution in [3.05, 3.63) is 180 Å². The molecular weight excluding hydrogens is 1300 g/mol. The number of aryl methyl sites for hydroxylation is 1. The van der Waals surface area contributed by atoms with Gasteiger partial charge in [0.05, 0.1) is 98.8 Å². The van der Waals surface area contributed by atoms with Crippen LogP contribution in [0.25, 0.3) is 51.2 Å². The Labute approximate surface area is 588 Å². The van der Waals surface area contributed by atoms with Crippen molar-refractivity contribution >= 4 is 28.8 Å². The Bertz CT molecular complexity index is 4560. The van der Waals surface area contributed by atoms with Crippen LogP contribution in [0.2, 0.25) is 0 Å². The summed E-state index contributed by atoms with van der Waals surface area (Å²) in [6, 6.07) is 45.4. The number of rotatable bonds is 22. The summed E-state index contributed by atoms with van der Waals surface area (Å²) >= 11 is 1.64. The molecule has 101 heavy (non-hydrogen) atoms. The predicted octanol–water partition coefficient (Wildman–Crippen LogP) is 9.88. The maximum absolute atomic E-state index is 9.15. The number of aliphatic hydroxyl groups is 1. The van der Waals surface area contributed by atoms with Crippen LogP contribution in [-0.4, -0.2) is 191 Å². The van der Waals surface area contributed by atoms with Crippen LogP contribution in [0.1, 0.15) is 54.8 Å². The van der Waals surface area contributed by atoms with Gasteiger partial charge >= 0.3 is 18.0 Å². The highest BCUT2D eigenvalue weighted by Crippen LogP contribution is 2.38. The number of hydrogen-bond acceptors (Lipinski definition) is 24. The summed E-state index contributed by atoms with van der Waals surface area (Å²) in [5.41, 5.74) is 9.42. The number of fused-ring (bicyclic) bond motifs is 3. The summed E-state index contributed by atoms with van der Waals surface area (Å²) in [5.74, 6) is 6.01. The number of anilines is 3. The van der Waals surface area contributed by atoms with Crippen molar-refractivity contribution in [1.82, 2.24) is 69.2 Å². The Morgan fingerprint density at radius 2 is 0.891 bits per heavy atom. The standard InChI is InChI=1S/C26H28N6O3S.C26H26N6O2.C22H25N5O4/c1-17-23(36-16-27-17)9-13-35-26-28-24(31-10-7-22-21(31)8-12-34-22)15-25(29-26)32-11-6-20(30-32)18-4-3-5-19(14-18)33-2;1-2-6-19(7-3-1)21-9-15-32(30-21)25-18-24(31-14-10-23-22(31)12-17-33-23)28-26(29-25)34-16-11-20-8-4-5-13-27-20;1-29-16-4-2-3-15(13-16)17-5-9-27(25-17)21-14-20(23-22(24-21)31-12-10-28)26-8-6-19-18(26)7-11-30-19/h3-6,11,14-16,21-22H,7-10,12-13H2,1-2H3;1-9,13,15,18,22-23H,10-12,14,16-17H2;2-5,9,13-14,18-19,28H,6-8,10-12H2,1H3/t21-,22-;22-,23-;18-,19-/m111/s1. The number of ether oxygens (including phenoxy) is 8. The molecule has 11 aromatic rings. The average Bonchev–Trinajstić information content (AvgIpc) is 1.65. The highest BCUT2D eigenvalue weighted by molar-refractivity contribution is 7.09. The minimum atomic E-state index is -0.104. The molecule has 6 fully saturated rings. The third kappa shape index (κ3) is 15.3. The zero-order valence-electron chi connectivity index (χ0n) is 56.5. The molecule has 8 aromatic heterocycles. The Morgan fingerprint density at radius 1 is 0.455 bits per heavy atom. The van der Waals surface area contributed by atoms with E-state index >= 15 is 0 Å². The van der Waals surface area contributed by atoms with Crippen molar-refractivity contribution in [3.8, 4) is 80.8 Å². The Kier molecular flexibility index (Phi) is 20.4. The van der Waals surface area contributed by atoms with Gasteiger partial charge in [0.1, 0.15) is 35.6 Å². The van der Waals surface area contributed by atoms with E-state index in [1.54, 1.807) is 45.8 Å². The van der Waals surface area contributed by atoms with Crippen LogP contribution in [0.5, 0.6) is 29.5 Å². The molecule has 27 heteroatoms. The molecule has 0 aliphatic carbocycles. The number of benzene rings is 3. The van der Waals surface area contributed by atoms with Gasteiger partial charge in [0.25, 0.3) is 0 Å². The van der Waals surface area contributed by atoms with Gasteiger partial charge in [-0.15, -0.1) is 11.3 Å². The molecule has 0 unspecified atom stereocenters. The van der Waals surface area contributed by atoms with Crippen LogP contribution < -0.4 is 38.4 Å². The first-order valence-corrected chi connectivity index (χ1v) is 35.3. The maximum atomic E-state index is 9.15. The first-order valence-electron chi connectivity index (χ1n) is 34.4. The van der Waals surface area contributed by atoms with Crippen molar-refractivity contribution in [2.75, 3.05) is 94.8 Å². The quantitative estimate of drug-likeness (QED) is 0.0661. The van der Waals surface area contributed by atoms with Gasteiger partial charge in [-0.2, -0.15) is 45.2 Å². The molecule has 6 atom stereocenters. The van der Waals surface area contributed by atoms with Crippen molar-refractivity contribution in [1.29, 1.82) is 0 Å². The Balaban J connectivity index is 0.000000123. The molecule has 0 saturated carbocycles. The number of hydrogen-bond donors (Lipinski definition) is 1. The van der Waals surface area contributed by atoms with Gasteiger partial charge < -0.3 is 57.7 Å². The van der Waals surface area contributed by atoms with E-state index in [1.165, 1.54) is 4.88 Å². The fraction of sp³-hybridized carbons (Fsp3) is 0.365. The molecule has 6 aliphatic rings. The second-order valence-electron chi connectivity index (χ2n) is 25.1. The smallest absolute Gasteiger partial charge is 0.320 e. The molecule has 1 N–H and O–H groups in total. The van der Waals surface area contributed by atoms with E-state index in [9.17, 15) is 0 Å². The van der Waals surface area contributed by atoms with E-state index < -0.39 is 0 Å². The summed E-state index contributed by atoms with van der Waals surface area (Å²) in [7, 11) is 3.31. The third-order valence-electron chi connectivity index (χ3n) is 18.9. The molecular formula is C74H79N17O9S. The van der Waals surface area contributed by atoms with E-state index in [2.05, 4.69) is 51.8 Å². The molecule has 6 saturated heterocycles. The maximum Gasteiger partial charge on any atom is 0.320 e. The largest absolute Gasteiger partial charge is 0.497 e. The van der Waals surface area contributed by atoms with Gasteiger partial charge in [0, 0.05) is 123 Å². The normalized spacial score (nSPS) is 19.5. The lowest BCUT2D eigenvalue weighted by Gasteiger charge is -2.24. The average molecular weight is 1380 g/mol. The van der Waals surface area contributed by atoms with Gasteiger partial charge in [0.2, 0.25) is 0 Å². The number of aliphatic hydroxyl groups excluding tert-OH is 1. The molecule has 0 bridgehead atoms. The van der Waals surface area contributed by atoms with E-state index in [4.69, 9.17) is 73.2 Å². The summed E-state index contributed by atoms with van der Waals surface area (Å²) in [4.78, 5) is 44.9. The number of aromatic nitrogens is 14. The van der Waals surface area contributed by atoms with Crippen molar-refractivity contribution in [3.63, 3.8) is 0 Å². The molecule has 17 rings (SSSR count). The third-order valence-corrected chi connectivity index (χ3v) is 19.9. The first-order chi connectivity index (χ1) is 49.8. The topological polar surface area (TPSA) is 260 Å². The molecule has 0 spiro atoms. The van der Waals surface area contributed by atoms with Crippen LogP contribution in [0, 0.1) is 6.92 Å². The van der Waals surface area contributed by atoms with Crippen molar-refractivity contribution in [2.24, 2.45) is 0 Å². The monoisotopic (exact) mass is 1380 g/mol. The van der Waals surface area contributed by atoms with Gasteiger partial charge in [-0.25, -0.2) is 19.0 Å². The molecule has 26 nitrogen and oxygen atoms in total. The zero-order chi connectivity index (χ0) is 68.4. The molecule has 3 aromatic carbocycles. The van der Waals surface area contributed by atoms with Crippen molar-refractivity contribution < 1.29 is 43.0 Å². The number of methoxy groups -OCH3 is 2. The highest BCUT2D eigenvalue weighted by Gasteiger charge is 2.42. The SMILES string of the molecule is COc1cccc(-c2ccn(-c3cc(N4CC[C@H]5OCC[C@H]54)nc(OCCO)n3)n2)c1.COc1cccc(-c2ccn(-c3cc(N4CC[C@H]5OCC[C@H]54)nc(OCCc4scnc4C)n3)n2)c1.c1ccc(-c2ccn(-c3cc(N4CC[C@H]5OCC[C@H]54)nc(OCCc4ccccn4)n3)n2)cc1. The minimum absolute atomic E-state index is 0.104. The van der Waals surface area contributed by atoms with Crippen LogP contribution in [0.3, 0.4) is 0 Å². The number of nitrogens with zero attached hydrogens (tertiary/aromatic N) is 17. The van der Waals surface area contributed by atoms with Gasteiger partial charge in [-0.1, -0.05) is 60.7 Å². The van der Waals surface area contributed by atoms with Gasteiger partial charge in [-0.3, -0.25) is 4.98 Å². The van der Waals surface area contributed by atoms with E-state index in [1.807, 2.05) is 152 Å². The molecule has 6 aliphatic heterocycles. The molecule has 14 heterocycles. The second kappa shape index (κ2) is 31.0. The predicted molar refractivity (Wildman–Crippen MR) is 379 cm³/mol. The Morgan fingerprint density at radius 3 is 1.33 bits per heavy atom. The summed E-state index contributed by atoms with van der Waals surface area (Å²) in [6.45, 7) is 8.04. The zero-order valence-corrected chi connectivity index (χ0v) is 57.3. The lowest BCUT2D eigenvalue weighted by Crippen LogP contribution is -2.32. The summed E-state index contributed by atoms with van der Waals surface area (Å²) in [6.07, 6.45) is 15.8. The van der Waals surface area contributed by atoms with Crippen LogP contribution in [0.15, 0.2) is 164 Å². The Hall–Kier alpha value is -10.5. The minimum Gasteiger partial charge on any atom is -0.497 e. The molecule has 520 valence electrons. The van der Waals surface area contributed by atoms with E-state index in [0.717, 1.165) is 159 Å². The fourth-order valence-corrected chi connectivity index (χ4v) is 14.6. The lowest BCUT2D eigenvalue weighted by atomic mass is 10.1. The lowest BCUT2D eigenvalue weighted by molar-refractivity contribution is 0.113. The highest BCUT2D eigenvalue weighted by atomic mass is 32.1.